The molecule has 2 aliphatic heterocycles. The number of primary amides is 1. The maximum absolute atomic E-state index is 11.4. The highest BCUT2D eigenvalue weighted by Gasteiger charge is 2.23. The van der Waals surface area contributed by atoms with E-state index < -0.39 is 0 Å². The maximum atomic E-state index is 11.4. The number of hydrogen-bond donors (Lipinski definition) is 1. The smallest absolute Gasteiger partial charge is 0.248 e. The Morgan fingerprint density at radius 1 is 0.963 bits per heavy atom. The second-order valence-electron chi connectivity index (χ2n) is 8.04. The van der Waals surface area contributed by atoms with Crippen LogP contribution in [0.4, 0.5) is 0 Å². The number of benzene rings is 2. The average molecular weight is 364 g/mol. The summed E-state index contributed by atoms with van der Waals surface area (Å²) in [4.78, 5) is 16.5. The van der Waals surface area contributed by atoms with E-state index in [1.54, 1.807) is 6.07 Å². The first-order valence-electron chi connectivity index (χ1n) is 10.1. The molecule has 0 bridgehead atoms. The first-order chi connectivity index (χ1) is 13.2. The minimum atomic E-state index is -0.348. The summed E-state index contributed by atoms with van der Waals surface area (Å²) in [6.45, 7) is 6.70. The third-order valence-electron chi connectivity index (χ3n) is 6.05. The van der Waals surface area contributed by atoms with Crippen LogP contribution >= 0.6 is 0 Å². The molecule has 0 aliphatic carbocycles. The molecule has 4 rings (SSSR count). The fourth-order valence-corrected chi connectivity index (χ4v) is 4.48. The van der Waals surface area contributed by atoms with Crippen LogP contribution in [0.2, 0.25) is 0 Å². The molecule has 27 heavy (non-hydrogen) atoms. The molecule has 0 saturated carbocycles. The molecule has 0 unspecified atom stereocenters. The molecular weight excluding hydrogens is 334 g/mol. The number of carbonyl (C=O) groups is 1. The lowest BCUT2D eigenvalue weighted by Crippen LogP contribution is -2.40. The number of fused-ring (bicyclic) bond motifs is 1. The van der Waals surface area contributed by atoms with Gasteiger partial charge in [0.2, 0.25) is 5.91 Å². The molecule has 0 radical (unpaired) electrons. The van der Waals surface area contributed by atoms with E-state index in [1.807, 2.05) is 12.1 Å². The number of carbonyl (C=O) groups excluding carboxylic acids is 1. The molecule has 2 heterocycles. The highest BCUT2D eigenvalue weighted by molar-refractivity contribution is 5.92. The predicted octanol–water partition coefficient (Wildman–Crippen LogP) is 3.06. The van der Waals surface area contributed by atoms with Crippen LogP contribution in [0.3, 0.4) is 0 Å². The molecule has 0 aromatic heterocycles. The maximum Gasteiger partial charge on any atom is 0.248 e. The van der Waals surface area contributed by atoms with Crippen LogP contribution < -0.4 is 5.73 Å². The summed E-state index contributed by atoms with van der Waals surface area (Å²) < 4.78 is 0. The second kappa shape index (κ2) is 8.24. The van der Waals surface area contributed by atoms with Crippen LogP contribution in [0.25, 0.3) is 0 Å². The van der Waals surface area contributed by atoms with E-state index in [-0.39, 0.29) is 5.91 Å². The van der Waals surface area contributed by atoms with Crippen molar-refractivity contribution in [1.29, 1.82) is 0 Å². The van der Waals surface area contributed by atoms with Gasteiger partial charge in [0.1, 0.15) is 0 Å². The molecule has 1 saturated heterocycles. The van der Waals surface area contributed by atoms with Crippen LogP contribution in [0.15, 0.2) is 48.5 Å². The zero-order valence-corrected chi connectivity index (χ0v) is 15.9. The lowest BCUT2D eigenvalue weighted by Gasteiger charge is -2.36. The lowest BCUT2D eigenvalue weighted by atomic mass is 9.93. The highest BCUT2D eigenvalue weighted by Crippen LogP contribution is 2.24. The molecule has 4 heteroatoms. The van der Waals surface area contributed by atoms with E-state index >= 15 is 0 Å². The molecule has 0 atom stereocenters. The minimum absolute atomic E-state index is 0.348. The number of piperidine rings is 1. The van der Waals surface area contributed by atoms with Crippen molar-refractivity contribution in [2.45, 2.75) is 32.4 Å². The predicted molar refractivity (Wildman–Crippen MR) is 108 cm³/mol. The van der Waals surface area contributed by atoms with Crippen molar-refractivity contribution >= 4 is 5.91 Å². The fraction of sp³-hybridized carbons (Fsp3) is 0.435. The third kappa shape index (κ3) is 4.57. The van der Waals surface area contributed by atoms with Crippen molar-refractivity contribution in [3.63, 3.8) is 0 Å². The Balaban J connectivity index is 1.26. The van der Waals surface area contributed by atoms with E-state index in [0.717, 1.165) is 32.1 Å². The van der Waals surface area contributed by atoms with Gasteiger partial charge in [0, 0.05) is 31.7 Å². The Morgan fingerprint density at radius 2 is 1.74 bits per heavy atom. The summed E-state index contributed by atoms with van der Waals surface area (Å²) in [6.07, 6.45) is 3.70. The van der Waals surface area contributed by atoms with Crippen LogP contribution in [-0.4, -0.2) is 41.9 Å². The van der Waals surface area contributed by atoms with Gasteiger partial charge in [0.15, 0.2) is 0 Å². The topological polar surface area (TPSA) is 49.6 Å². The summed E-state index contributed by atoms with van der Waals surface area (Å²) >= 11 is 0. The number of amides is 1. The quantitative estimate of drug-likeness (QED) is 0.888. The normalized spacial score (nSPS) is 19.0. The third-order valence-corrected chi connectivity index (χ3v) is 6.05. The summed E-state index contributed by atoms with van der Waals surface area (Å²) in [5.41, 5.74) is 10.2. The van der Waals surface area contributed by atoms with Gasteiger partial charge in [-0.05, 0) is 67.1 Å². The molecule has 1 fully saturated rings. The van der Waals surface area contributed by atoms with Crippen molar-refractivity contribution in [3.05, 3.63) is 70.8 Å². The molecule has 2 aromatic carbocycles. The molecular formula is C23H29N3O. The zero-order valence-electron chi connectivity index (χ0n) is 15.9. The average Bonchev–Trinajstić information content (AvgIpc) is 2.70. The van der Waals surface area contributed by atoms with E-state index in [2.05, 4.69) is 40.1 Å². The first kappa shape index (κ1) is 18.2. The van der Waals surface area contributed by atoms with Gasteiger partial charge in [0.25, 0.3) is 0 Å². The minimum Gasteiger partial charge on any atom is -0.366 e. The molecule has 1 amide bonds. The van der Waals surface area contributed by atoms with Crippen LogP contribution in [-0.2, 0) is 19.5 Å². The lowest BCUT2D eigenvalue weighted by molar-refractivity contribution is 0.1000. The summed E-state index contributed by atoms with van der Waals surface area (Å²) in [5, 5.41) is 0. The van der Waals surface area contributed by atoms with Crippen LogP contribution in [0.5, 0.6) is 0 Å². The van der Waals surface area contributed by atoms with E-state index in [1.165, 1.54) is 49.0 Å². The van der Waals surface area contributed by atoms with E-state index in [9.17, 15) is 4.79 Å². The SMILES string of the molecule is NC(=O)c1cccc(CN2CCC(CN3CCc4ccccc4C3)CC2)c1. The number of likely N-dealkylation sites (tertiary alicyclic amines) is 1. The first-order valence-corrected chi connectivity index (χ1v) is 10.1. The van der Waals surface area contributed by atoms with Gasteiger partial charge in [-0.2, -0.15) is 0 Å². The largest absolute Gasteiger partial charge is 0.366 e. The molecule has 2 N–H and O–H groups in total. The summed E-state index contributed by atoms with van der Waals surface area (Å²) in [5.74, 6) is 0.446. The summed E-state index contributed by atoms with van der Waals surface area (Å²) in [7, 11) is 0. The number of nitrogens with two attached hydrogens (primary N) is 1. The van der Waals surface area contributed by atoms with Crippen LogP contribution in [0.1, 0.15) is 39.9 Å². The zero-order chi connectivity index (χ0) is 18.6. The van der Waals surface area contributed by atoms with E-state index in [0.29, 0.717) is 5.56 Å². The van der Waals surface area contributed by atoms with Gasteiger partial charge in [-0.1, -0.05) is 36.4 Å². The van der Waals surface area contributed by atoms with Crippen molar-refractivity contribution in [2.75, 3.05) is 26.2 Å². The second-order valence-corrected chi connectivity index (χ2v) is 8.04. The Kier molecular flexibility index (Phi) is 5.55. The van der Waals surface area contributed by atoms with Gasteiger partial charge < -0.3 is 5.73 Å². The highest BCUT2D eigenvalue weighted by atomic mass is 16.1. The molecule has 142 valence electrons. The van der Waals surface area contributed by atoms with Crippen molar-refractivity contribution in [3.8, 4) is 0 Å². The molecule has 0 spiro atoms. The van der Waals surface area contributed by atoms with Crippen molar-refractivity contribution < 1.29 is 4.79 Å². The number of hydrogen-bond acceptors (Lipinski definition) is 3. The van der Waals surface area contributed by atoms with Gasteiger partial charge >= 0.3 is 0 Å². The Hall–Kier alpha value is -2.17. The Bertz CT molecular complexity index is 796. The molecule has 2 aromatic rings. The monoisotopic (exact) mass is 363 g/mol. The standard InChI is InChI=1S/C23H29N3O/c24-23(27)21-7-3-4-19(14-21)16-25-11-8-18(9-12-25)15-26-13-10-20-5-1-2-6-22(20)17-26/h1-7,14,18H,8-13,15-17H2,(H2,24,27). The Morgan fingerprint density at radius 3 is 2.52 bits per heavy atom. The number of rotatable bonds is 5. The number of nitrogens with zero attached hydrogens (tertiary/aromatic N) is 2. The van der Waals surface area contributed by atoms with Gasteiger partial charge in [-0.25, -0.2) is 0 Å². The molecule has 2 aliphatic rings. The fourth-order valence-electron chi connectivity index (χ4n) is 4.48. The van der Waals surface area contributed by atoms with Crippen LogP contribution in [0, 0.1) is 5.92 Å². The van der Waals surface area contributed by atoms with E-state index in [4.69, 9.17) is 5.73 Å². The van der Waals surface area contributed by atoms with Gasteiger partial charge in [-0.3, -0.25) is 14.6 Å². The van der Waals surface area contributed by atoms with Gasteiger partial charge in [-0.15, -0.1) is 0 Å². The van der Waals surface area contributed by atoms with Crippen molar-refractivity contribution in [2.24, 2.45) is 11.7 Å². The Labute approximate surface area is 162 Å². The van der Waals surface area contributed by atoms with Gasteiger partial charge in [0.05, 0.1) is 0 Å². The summed E-state index contributed by atoms with van der Waals surface area (Å²) in [6, 6.07) is 16.6. The molecule has 4 nitrogen and oxygen atoms in total. The van der Waals surface area contributed by atoms with Crippen molar-refractivity contribution in [1.82, 2.24) is 9.80 Å².